The quantitative estimate of drug-likeness (QED) is 0.921. The zero-order valence-corrected chi connectivity index (χ0v) is 11.4. The van der Waals surface area contributed by atoms with Crippen LogP contribution < -0.4 is 5.63 Å². The summed E-state index contributed by atoms with van der Waals surface area (Å²) < 4.78 is 4.89. The van der Waals surface area contributed by atoms with Gasteiger partial charge in [-0.15, -0.1) is 0 Å². The molecule has 1 aromatic heterocycles. The molecular weight excluding hydrogens is 289 g/mol. The van der Waals surface area contributed by atoms with E-state index in [0.29, 0.717) is 15.6 Å². The Kier molecular flexibility index (Phi) is 3.93. The molecule has 0 saturated carbocycles. The smallest absolute Gasteiger partial charge is 0.345 e. The van der Waals surface area contributed by atoms with Crippen molar-refractivity contribution >= 4 is 35.4 Å². The van der Waals surface area contributed by atoms with Crippen molar-refractivity contribution in [1.29, 1.82) is 0 Å². The summed E-state index contributed by atoms with van der Waals surface area (Å²) in [5.41, 5.74) is 0.131. The molecule has 0 atom stereocenters. The Bertz CT molecular complexity index is 708. The summed E-state index contributed by atoms with van der Waals surface area (Å²) in [4.78, 5) is 15.1. The first-order valence-electron chi connectivity index (χ1n) is 5.31. The Balaban J connectivity index is 2.35. The van der Waals surface area contributed by atoms with E-state index in [4.69, 9.17) is 27.6 Å². The van der Waals surface area contributed by atoms with Crippen LogP contribution in [0.5, 0.6) is 5.88 Å². The fraction of sp³-hybridized carbons (Fsp3) is 0.0769. The molecule has 0 spiro atoms. The molecule has 2 rings (SSSR count). The van der Waals surface area contributed by atoms with Crippen LogP contribution in [0.4, 0.5) is 0 Å². The average Bonchev–Trinajstić information content (AvgIpc) is 2.34. The number of aromatic nitrogens is 1. The van der Waals surface area contributed by atoms with Crippen molar-refractivity contribution in [3.8, 4) is 5.88 Å². The maximum absolute atomic E-state index is 11.3. The second-order valence-corrected chi connectivity index (χ2v) is 4.63. The van der Waals surface area contributed by atoms with Gasteiger partial charge in [0.15, 0.2) is 0 Å². The van der Waals surface area contributed by atoms with Crippen LogP contribution in [-0.2, 0) is 0 Å². The van der Waals surface area contributed by atoms with Crippen LogP contribution in [0.15, 0.2) is 27.4 Å². The Morgan fingerprint density at radius 2 is 2.05 bits per heavy atom. The van der Waals surface area contributed by atoms with E-state index in [1.165, 1.54) is 13.0 Å². The van der Waals surface area contributed by atoms with Crippen molar-refractivity contribution in [3.05, 3.63) is 55.7 Å². The highest BCUT2D eigenvalue weighted by Gasteiger charge is 2.06. The minimum Gasteiger partial charge on any atom is -0.493 e. The van der Waals surface area contributed by atoms with E-state index >= 15 is 0 Å². The molecule has 98 valence electrons. The van der Waals surface area contributed by atoms with Gasteiger partial charge in [-0.3, -0.25) is 0 Å². The third kappa shape index (κ3) is 3.16. The molecule has 0 saturated heterocycles. The van der Waals surface area contributed by atoms with Gasteiger partial charge < -0.3 is 9.52 Å². The van der Waals surface area contributed by atoms with E-state index < -0.39 is 5.63 Å². The van der Waals surface area contributed by atoms with Gasteiger partial charge in [-0.05, 0) is 30.7 Å². The molecular formula is C13H9Cl2NO3. The summed E-state index contributed by atoms with van der Waals surface area (Å²) in [6.45, 7) is 1.43. The molecule has 0 aliphatic heterocycles. The number of hydrogen-bond donors (Lipinski definition) is 1. The van der Waals surface area contributed by atoms with Crippen LogP contribution in [0.3, 0.4) is 0 Å². The lowest BCUT2D eigenvalue weighted by Gasteiger charge is -1.99. The van der Waals surface area contributed by atoms with E-state index in [1.807, 2.05) is 0 Å². The predicted molar refractivity (Wildman–Crippen MR) is 74.6 cm³/mol. The molecule has 0 unspecified atom stereocenters. The van der Waals surface area contributed by atoms with E-state index in [9.17, 15) is 9.90 Å². The van der Waals surface area contributed by atoms with Gasteiger partial charge in [0.05, 0.1) is 5.56 Å². The van der Waals surface area contributed by atoms with E-state index in [0.717, 1.165) is 0 Å². The van der Waals surface area contributed by atoms with Crippen LogP contribution in [0.25, 0.3) is 12.2 Å². The first-order valence-corrected chi connectivity index (χ1v) is 6.07. The molecule has 4 nitrogen and oxygen atoms in total. The molecule has 19 heavy (non-hydrogen) atoms. The molecule has 0 fully saturated rings. The Morgan fingerprint density at radius 3 is 2.68 bits per heavy atom. The van der Waals surface area contributed by atoms with Crippen molar-refractivity contribution in [2.24, 2.45) is 0 Å². The van der Waals surface area contributed by atoms with Gasteiger partial charge in [-0.25, -0.2) is 4.79 Å². The average molecular weight is 298 g/mol. The normalized spacial score (nSPS) is 11.1. The largest absolute Gasteiger partial charge is 0.493 e. The first kappa shape index (κ1) is 13.6. The summed E-state index contributed by atoms with van der Waals surface area (Å²) in [5, 5.41) is 10.4. The summed E-state index contributed by atoms with van der Waals surface area (Å²) >= 11 is 11.8. The van der Waals surface area contributed by atoms with Crippen molar-refractivity contribution in [2.45, 2.75) is 6.92 Å². The minimum absolute atomic E-state index is 0.000818. The maximum atomic E-state index is 11.3. The zero-order chi connectivity index (χ0) is 14.0. The first-order chi connectivity index (χ1) is 8.97. The summed E-state index contributed by atoms with van der Waals surface area (Å²) in [5.74, 6) is -0.350. The molecule has 0 aliphatic rings. The van der Waals surface area contributed by atoms with Crippen molar-refractivity contribution in [3.63, 3.8) is 0 Å². The van der Waals surface area contributed by atoms with Crippen molar-refractivity contribution in [1.82, 2.24) is 4.98 Å². The van der Waals surface area contributed by atoms with Crippen LogP contribution >= 0.6 is 23.2 Å². The van der Waals surface area contributed by atoms with Gasteiger partial charge in [-0.1, -0.05) is 29.3 Å². The van der Waals surface area contributed by atoms with Gasteiger partial charge in [0.2, 0.25) is 11.8 Å². The number of nitrogens with zero attached hydrogens (tertiary/aromatic N) is 1. The van der Waals surface area contributed by atoms with Gasteiger partial charge in [0.1, 0.15) is 0 Å². The molecule has 1 heterocycles. The Morgan fingerprint density at radius 1 is 1.32 bits per heavy atom. The number of aromatic hydroxyl groups is 1. The van der Waals surface area contributed by atoms with Crippen LogP contribution in [-0.4, -0.2) is 10.1 Å². The minimum atomic E-state index is -0.630. The SMILES string of the molecule is Cc1c(O)nc(C=Cc2ccc(Cl)cc2Cl)oc1=O. The number of hydrogen-bond acceptors (Lipinski definition) is 4. The van der Waals surface area contributed by atoms with Gasteiger partial charge >= 0.3 is 5.63 Å². The second-order valence-electron chi connectivity index (χ2n) is 3.79. The van der Waals surface area contributed by atoms with Crippen LogP contribution in [0.2, 0.25) is 10.0 Å². The summed E-state index contributed by atoms with van der Waals surface area (Å²) in [6.07, 6.45) is 3.05. The predicted octanol–water partition coefficient (Wildman–Crippen LogP) is 3.53. The van der Waals surface area contributed by atoms with Crippen LogP contribution in [0.1, 0.15) is 17.0 Å². The fourth-order valence-corrected chi connectivity index (χ4v) is 1.81. The van der Waals surface area contributed by atoms with Gasteiger partial charge in [0, 0.05) is 16.1 Å². The van der Waals surface area contributed by atoms with Crippen molar-refractivity contribution < 1.29 is 9.52 Å². The van der Waals surface area contributed by atoms with E-state index in [-0.39, 0.29) is 17.3 Å². The highest BCUT2D eigenvalue weighted by molar-refractivity contribution is 6.35. The molecule has 6 heteroatoms. The molecule has 1 aromatic carbocycles. The third-order valence-corrected chi connectivity index (χ3v) is 2.99. The number of rotatable bonds is 2. The molecule has 2 aromatic rings. The molecule has 0 bridgehead atoms. The standard InChI is InChI=1S/C13H9Cl2NO3/c1-7-12(17)16-11(19-13(7)18)5-3-8-2-4-9(14)6-10(8)15/h2-6,17H,1H3. The highest BCUT2D eigenvalue weighted by atomic mass is 35.5. The molecule has 0 aliphatic carbocycles. The summed E-state index contributed by atoms with van der Waals surface area (Å²) in [6, 6.07) is 5.00. The second kappa shape index (κ2) is 5.47. The lowest BCUT2D eigenvalue weighted by atomic mass is 10.2. The third-order valence-electron chi connectivity index (χ3n) is 2.42. The highest BCUT2D eigenvalue weighted by Crippen LogP contribution is 2.22. The van der Waals surface area contributed by atoms with Crippen LogP contribution in [0, 0.1) is 6.92 Å². The monoisotopic (exact) mass is 297 g/mol. The number of halogens is 2. The topological polar surface area (TPSA) is 63.3 Å². The zero-order valence-electron chi connectivity index (χ0n) is 9.85. The van der Waals surface area contributed by atoms with E-state index in [2.05, 4.69) is 4.98 Å². The maximum Gasteiger partial charge on any atom is 0.345 e. The molecule has 0 radical (unpaired) electrons. The number of benzene rings is 1. The lowest BCUT2D eigenvalue weighted by molar-refractivity contribution is 0.402. The van der Waals surface area contributed by atoms with Crippen molar-refractivity contribution in [2.75, 3.05) is 0 Å². The molecule has 0 amide bonds. The molecule has 1 N–H and O–H groups in total. The Hall–Kier alpha value is -1.78. The van der Waals surface area contributed by atoms with Gasteiger partial charge in [0.25, 0.3) is 0 Å². The summed E-state index contributed by atoms with van der Waals surface area (Å²) in [7, 11) is 0. The van der Waals surface area contributed by atoms with E-state index in [1.54, 1.807) is 24.3 Å². The Labute approximate surface area is 118 Å². The van der Waals surface area contributed by atoms with Gasteiger partial charge in [-0.2, -0.15) is 4.98 Å². The lowest BCUT2D eigenvalue weighted by Crippen LogP contribution is -2.05. The fourth-order valence-electron chi connectivity index (χ4n) is 1.34.